The van der Waals surface area contributed by atoms with Crippen LogP contribution in [0.1, 0.15) is 0 Å². The minimum absolute atomic E-state index is 0.148. The first-order valence-corrected chi connectivity index (χ1v) is 6.56. The summed E-state index contributed by atoms with van der Waals surface area (Å²) < 4.78 is 62.3. The maximum absolute atomic E-state index is 12.5. The lowest BCUT2D eigenvalue weighted by Gasteiger charge is -2.40. The van der Waals surface area contributed by atoms with E-state index < -0.39 is 15.1 Å². The van der Waals surface area contributed by atoms with Crippen molar-refractivity contribution >= 4 is 16.0 Å². The molecule has 3 nitrogen and oxygen atoms in total. The van der Waals surface area contributed by atoms with Crippen LogP contribution in [0.3, 0.4) is 0 Å². The van der Waals surface area contributed by atoms with Gasteiger partial charge >= 0.3 is 10.2 Å². The summed E-state index contributed by atoms with van der Waals surface area (Å²) in [6.07, 6.45) is 1.30. The van der Waals surface area contributed by atoms with E-state index in [1.54, 1.807) is 0 Å². The van der Waals surface area contributed by atoms with Gasteiger partial charge in [-0.1, -0.05) is 31.6 Å². The van der Waals surface area contributed by atoms with Crippen molar-refractivity contribution < 1.29 is 19.4 Å². The third-order valence-corrected chi connectivity index (χ3v) is 3.44. The van der Waals surface area contributed by atoms with Crippen LogP contribution in [0.15, 0.2) is 35.4 Å². The minimum Gasteiger partial charge on any atom is -0.384 e. The molecular formula is C9H8F5N3S. The van der Waals surface area contributed by atoms with E-state index in [4.69, 9.17) is 5.73 Å². The zero-order valence-corrected chi connectivity index (χ0v) is 9.53. The van der Waals surface area contributed by atoms with Gasteiger partial charge in [-0.15, -0.1) is 0 Å². The quantitative estimate of drug-likeness (QED) is 0.807. The number of halogens is 5. The molecule has 0 unspecified atom stereocenters. The molecule has 1 heterocycles. The molecule has 100 valence electrons. The Kier molecular flexibility index (Phi) is 2.09. The number of H-pyrrole nitrogens is 1. The summed E-state index contributed by atoms with van der Waals surface area (Å²) in [5, 5.41) is 5.98. The van der Waals surface area contributed by atoms with Crippen LogP contribution in [0.5, 0.6) is 0 Å². The van der Waals surface area contributed by atoms with Gasteiger partial charge in [0.15, 0.2) is 0 Å². The second-order valence-corrected chi connectivity index (χ2v) is 6.10. The molecule has 0 fully saturated rings. The van der Waals surface area contributed by atoms with Crippen LogP contribution >= 0.6 is 10.2 Å². The Balaban J connectivity index is 2.48. The fraction of sp³-hybridized carbons (Fsp3) is 0. The van der Waals surface area contributed by atoms with Crippen molar-refractivity contribution in [2.75, 3.05) is 5.73 Å². The topological polar surface area (TPSA) is 54.7 Å². The summed E-state index contributed by atoms with van der Waals surface area (Å²) in [6, 6.07) is 2.52. The van der Waals surface area contributed by atoms with Gasteiger partial charge in [0.1, 0.15) is 10.7 Å². The van der Waals surface area contributed by atoms with Crippen LogP contribution in [0.25, 0.3) is 11.1 Å². The van der Waals surface area contributed by atoms with Crippen molar-refractivity contribution in [3.05, 3.63) is 30.5 Å². The molecule has 0 aliphatic rings. The maximum atomic E-state index is 12.5. The average molecular weight is 285 g/mol. The largest absolute Gasteiger partial charge is 0.384 e. The molecule has 9 heteroatoms. The standard InChI is InChI=1S/C9H8F5N3S/c10-18(11,12,13,14)7-3-1-6(2-4-7)8-5-16-17-9(8)15/h1-5H,(H3,15,16,17). The van der Waals surface area contributed by atoms with E-state index in [0.717, 1.165) is 12.1 Å². The molecule has 1 aromatic heterocycles. The van der Waals surface area contributed by atoms with Gasteiger partial charge in [0.25, 0.3) is 0 Å². The number of nitrogen functional groups attached to an aromatic ring is 1. The van der Waals surface area contributed by atoms with E-state index in [1.165, 1.54) is 6.20 Å². The number of nitrogens with zero attached hydrogens (tertiary/aromatic N) is 1. The highest BCUT2D eigenvalue weighted by Gasteiger charge is 2.65. The van der Waals surface area contributed by atoms with Crippen LogP contribution in [0.4, 0.5) is 25.2 Å². The lowest BCUT2D eigenvalue weighted by Crippen LogP contribution is -2.05. The smallest absolute Gasteiger partial charge is 0.310 e. The summed E-state index contributed by atoms with van der Waals surface area (Å²) in [5.41, 5.74) is 6.09. The van der Waals surface area contributed by atoms with Gasteiger partial charge in [-0.25, -0.2) is 0 Å². The van der Waals surface area contributed by atoms with E-state index in [2.05, 4.69) is 10.2 Å². The summed E-state index contributed by atoms with van der Waals surface area (Å²) in [5.74, 6) is 0.148. The van der Waals surface area contributed by atoms with Crippen LogP contribution in [-0.4, -0.2) is 10.2 Å². The third kappa shape index (κ3) is 2.40. The lowest BCUT2D eigenvalue weighted by atomic mass is 10.1. The minimum atomic E-state index is -9.61. The second kappa shape index (κ2) is 2.97. The highest BCUT2D eigenvalue weighted by atomic mass is 32.5. The first kappa shape index (κ1) is 12.7. The number of hydrogen-bond donors (Lipinski definition) is 2. The van der Waals surface area contributed by atoms with Gasteiger partial charge in [-0.05, 0) is 17.7 Å². The molecule has 3 N–H and O–H groups in total. The van der Waals surface area contributed by atoms with Crippen LogP contribution in [0.2, 0.25) is 0 Å². The van der Waals surface area contributed by atoms with Crippen LogP contribution < -0.4 is 5.73 Å². The third-order valence-electron chi connectivity index (χ3n) is 2.28. The molecule has 0 radical (unpaired) electrons. The fourth-order valence-corrected chi connectivity index (χ4v) is 2.07. The van der Waals surface area contributed by atoms with Gasteiger partial charge in [0.05, 0.1) is 6.20 Å². The molecule has 18 heavy (non-hydrogen) atoms. The highest BCUT2D eigenvalue weighted by molar-refractivity contribution is 8.45. The van der Waals surface area contributed by atoms with Gasteiger partial charge in [0.2, 0.25) is 0 Å². The number of aromatic amines is 1. The van der Waals surface area contributed by atoms with Gasteiger partial charge in [-0.2, -0.15) is 5.10 Å². The number of hydrogen-bond acceptors (Lipinski definition) is 2. The summed E-state index contributed by atoms with van der Waals surface area (Å²) in [4.78, 5) is -1.93. The molecule has 2 rings (SSSR count). The first-order valence-electron chi connectivity index (χ1n) is 4.61. The molecule has 0 aliphatic heterocycles. The predicted octanol–water partition coefficient (Wildman–Crippen LogP) is 4.32. The normalized spacial score (nSPS) is 16.1. The second-order valence-electron chi connectivity index (χ2n) is 3.69. The number of anilines is 1. The Bertz CT molecular complexity index is 587. The van der Waals surface area contributed by atoms with E-state index in [0.29, 0.717) is 17.7 Å². The zero-order chi connectivity index (χ0) is 13.7. The van der Waals surface area contributed by atoms with Crippen LogP contribution in [0, 0.1) is 0 Å². The van der Waals surface area contributed by atoms with Crippen LogP contribution in [-0.2, 0) is 0 Å². The molecule has 0 saturated carbocycles. The Labute approximate surface area is 98.5 Å². The number of aromatic nitrogens is 2. The summed E-state index contributed by atoms with van der Waals surface area (Å²) >= 11 is 0. The van der Waals surface area contributed by atoms with E-state index >= 15 is 0 Å². The fourth-order valence-electron chi connectivity index (χ4n) is 1.42. The lowest BCUT2D eigenvalue weighted by molar-refractivity contribution is 0.364. The summed E-state index contributed by atoms with van der Waals surface area (Å²) in [7, 11) is -9.61. The van der Waals surface area contributed by atoms with Crippen molar-refractivity contribution in [1.29, 1.82) is 0 Å². The number of nitrogens with one attached hydrogen (secondary N) is 1. The van der Waals surface area contributed by atoms with Gasteiger partial charge < -0.3 is 5.73 Å². The molecule has 2 aromatic rings. The number of nitrogens with two attached hydrogens (primary N) is 1. The monoisotopic (exact) mass is 285 g/mol. The van der Waals surface area contributed by atoms with Crippen molar-refractivity contribution in [2.24, 2.45) is 0 Å². The molecule has 0 atom stereocenters. The predicted molar refractivity (Wildman–Crippen MR) is 59.8 cm³/mol. The van der Waals surface area contributed by atoms with Crippen molar-refractivity contribution in [3.8, 4) is 11.1 Å². The molecule has 0 spiro atoms. The molecule has 0 bridgehead atoms. The maximum Gasteiger partial charge on any atom is 0.310 e. The molecular weight excluding hydrogens is 277 g/mol. The van der Waals surface area contributed by atoms with Crippen molar-refractivity contribution in [3.63, 3.8) is 0 Å². The number of benzene rings is 1. The SMILES string of the molecule is Nc1[nH]ncc1-c1ccc(S(F)(F)(F)(F)F)cc1. The first-order chi connectivity index (χ1) is 7.97. The Hall–Kier alpha value is -1.77. The van der Waals surface area contributed by atoms with Gasteiger partial charge in [-0.3, -0.25) is 5.10 Å². The van der Waals surface area contributed by atoms with Crippen molar-refractivity contribution in [1.82, 2.24) is 10.2 Å². The zero-order valence-electron chi connectivity index (χ0n) is 8.71. The molecule has 0 saturated heterocycles. The molecule has 0 amide bonds. The van der Waals surface area contributed by atoms with E-state index in [-0.39, 0.29) is 11.4 Å². The Morgan fingerprint density at radius 1 is 1.00 bits per heavy atom. The van der Waals surface area contributed by atoms with E-state index in [9.17, 15) is 19.4 Å². The van der Waals surface area contributed by atoms with Crippen molar-refractivity contribution in [2.45, 2.75) is 4.90 Å². The molecule has 0 aliphatic carbocycles. The average Bonchev–Trinajstić information content (AvgIpc) is 2.61. The molecule has 1 aromatic carbocycles. The Morgan fingerprint density at radius 3 is 1.94 bits per heavy atom. The van der Waals surface area contributed by atoms with Gasteiger partial charge in [0, 0.05) is 5.56 Å². The Morgan fingerprint density at radius 2 is 1.56 bits per heavy atom. The van der Waals surface area contributed by atoms with E-state index in [1.807, 2.05) is 0 Å². The summed E-state index contributed by atoms with van der Waals surface area (Å²) in [6.45, 7) is 0. The highest BCUT2D eigenvalue weighted by Crippen LogP contribution is 3.02. The number of rotatable bonds is 2.